The Hall–Kier alpha value is -1.74. The van der Waals surface area contributed by atoms with Gasteiger partial charge in [0.05, 0.1) is 10.2 Å². The molecule has 1 aliphatic rings. The zero-order valence-corrected chi connectivity index (χ0v) is 10.9. The number of nitro groups is 1. The van der Waals surface area contributed by atoms with E-state index in [1.54, 1.807) is 4.90 Å². The van der Waals surface area contributed by atoms with Crippen molar-refractivity contribution in [2.75, 3.05) is 18.0 Å². The van der Waals surface area contributed by atoms with Crippen molar-refractivity contribution in [3.8, 4) is 0 Å². The van der Waals surface area contributed by atoms with E-state index in [1.807, 2.05) is 0 Å². The predicted molar refractivity (Wildman–Crippen MR) is 69.2 cm³/mol. The van der Waals surface area contributed by atoms with Gasteiger partial charge >= 0.3 is 0 Å². The summed E-state index contributed by atoms with van der Waals surface area (Å²) in [5, 5.41) is 15.1. The molecule has 0 aliphatic carbocycles. The number of aromatic nitrogens is 1. The van der Waals surface area contributed by atoms with E-state index < -0.39 is 20.2 Å². The van der Waals surface area contributed by atoms with Crippen LogP contribution in [0, 0.1) is 10.1 Å². The molecule has 0 bridgehead atoms. The Morgan fingerprint density at radius 1 is 1.47 bits per heavy atom. The summed E-state index contributed by atoms with van der Waals surface area (Å²) in [5.74, 6) is 0.527. The van der Waals surface area contributed by atoms with E-state index >= 15 is 0 Å². The van der Waals surface area contributed by atoms with Crippen LogP contribution < -0.4 is 10.0 Å². The van der Waals surface area contributed by atoms with E-state index in [0.717, 1.165) is 6.20 Å². The molecule has 0 spiro atoms. The topological polar surface area (TPSA) is 119 Å². The maximum absolute atomic E-state index is 11.3. The van der Waals surface area contributed by atoms with Gasteiger partial charge in [-0.15, -0.1) is 0 Å². The molecule has 0 saturated carbocycles. The van der Waals surface area contributed by atoms with E-state index in [4.69, 9.17) is 5.14 Å². The van der Waals surface area contributed by atoms with E-state index in [-0.39, 0.29) is 12.2 Å². The van der Waals surface area contributed by atoms with Crippen molar-refractivity contribution in [3.05, 3.63) is 28.4 Å². The lowest BCUT2D eigenvalue weighted by atomic mass is 10.1. The number of rotatable bonds is 3. The van der Waals surface area contributed by atoms with E-state index in [2.05, 4.69) is 4.98 Å². The highest BCUT2D eigenvalue weighted by Gasteiger charge is 2.28. The van der Waals surface area contributed by atoms with Crippen molar-refractivity contribution >= 4 is 21.5 Å². The number of anilines is 1. The Balaban J connectivity index is 2.15. The summed E-state index contributed by atoms with van der Waals surface area (Å²) in [6.07, 6.45) is 2.39. The van der Waals surface area contributed by atoms with Crippen LogP contribution in [0.15, 0.2) is 18.3 Å². The average Bonchev–Trinajstić information content (AvgIpc) is 2.38. The molecule has 0 amide bonds. The van der Waals surface area contributed by atoms with Gasteiger partial charge in [-0.1, -0.05) is 0 Å². The maximum Gasteiger partial charge on any atom is 0.287 e. The van der Waals surface area contributed by atoms with Crippen LogP contribution >= 0.6 is 0 Å². The molecule has 2 heterocycles. The molecule has 1 saturated heterocycles. The number of piperidine rings is 1. The first-order valence-electron chi connectivity index (χ1n) is 5.75. The fourth-order valence-corrected chi connectivity index (χ4v) is 2.97. The third-order valence-corrected chi connectivity index (χ3v) is 4.42. The van der Waals surface area contributed by atoms with Crippen LogP contribution in [-0.4, -0.2) is 36.7 Å². The molecule has 104 valence electrons. The molecule has 1 fully saturated rings. The smallest absolute Gasteiger partial charge is 0.287 e. The molecule has 8 nitrogen and oxygen atoms in total. The Morgan fingerprint density at radius 3 is 2.74 bits per heavy atom. The molecular formula is C10H14N4O4S. The van der Waals surface area contributed by atoms with E-state index in [1.165, 1.54) is 12.1 Å². The van der Waals surface area contributed by atoms with Gasteiger partial charge in [0, 0.05) is 19.2 Å². The normalized spacial score (nSPS) is 20.3. The van der Waals surface area contributed by atoms with Crippen molar-refractivity contribution in [2.24, 2.45) is 5.14 Å². The summed E-state index contributed by atoms with van der Waals surface area (Å²) in [4.78, 5) is 15.8. The van der Waals surface area contributed by atoms with Crippen LogP contribution in [0.1, 0.15) is 12.8 Å². The number of primary sulfonamides is 1. The SMILES string of the molecule is NS(=O)(=O)C1CCCN(c2ccc([N+](=O)[O-])cn2)C1. The van der Waals surface area contributed by atoms with Gasteiger partial charge < -0.3 is 4.90 Å². The second-order valence-electron chi connectivity index (χ2n) is 4.43. The Morgan fingerprint density at radius 2 is 2.21 bits per heavy atom. The Bertz CT molecular complexity index is 572. The Labute approximate surface area is 110 Å². The standard InChI is InChI=1S/C10H14N4O4S/c11-19(17,18)9-2-1-5-13(7-9)10-4-3-8(6-12-10)14(15)16/h3-4,6,9H,1-2,5,7H2,(H2,11,17,18). The molecule has 0 aromatic carbocycles. The average molecular weight is 286 g/mol. The summed E-state index contributed by atoms with van der Waals surface area (Å²) >= 11 is 0. The summed E-state index contributed by atoms with van der Waals surface area (Å²) in [6, 6.07) is 2.87. The third kappa shape index (κ3) is 3.18. The molecular weight excluding hydrogens is 272 g/mol. The quantitative estimate of drug-likeness (QED) is 0.628. The number of hydrogen-bond donors (Lipinski definition) is 1. The first-order valence-corrected chi connectivity index (χ1v) is 7.36. The van der Waals surface area contributed by atoms with Gasteiger partial charge in [0.1, 0.15) is 12.0 Å². The summed E-state index contributed by atoms with van der Waals surface area (Å²) in [5.41, 5.74) is -0.0937. The zero-order chi connectivity index (χ0) is 14.0. The minimum Gasteiger partial charge on any atom is -0.355 e. The van der Waals surface area contributed by atoms with Crippen LogP contribution in [0.4, 0.5) is 11.5 Å². The van der Waals surface area contributed by atoms with Crippen molar-refractivity contribution < 1.29 is 13.3 Å². The van der Waals surface area contributed by atoms with Gasteiger partial charge in [-0.05, 0) is 18.9 Å². The molecule has 0 radical (unpaired) electrons. The fraction of sp³-hybridized carbons (Fsp3) is 0.500. The number of hydrogen-bond acceptors (Lipinski definition) is 6. The predicted octanol–water partition coefficient (Wildman–Crippen LogP) is 0.247. The number of nitrogens with zero attached hydrogens (tertiary/aromatic N) is 3. The van der Waals surface area contributed by atoms with Crippen LogP contribution in [0.5, 0.6) is 0 Å². The van der Waals surface area contributed by atoms with Gasteiger partial charge in [-0.2, -0.15) is 0 Å². The first kappa shape index (κ1) is 13.7. The number of nitrogens with two attached hydrogens (primary N) is 1. The van der Waals surface area contributed by atoms with Crippen LogP contribution in [0.2, 0.25) is 0 Å². The molecule has 1 aromatic rings. The largest absolute Gasteiger partial charge is 0.355 e. The molecule has 2 rings (SSSR count). The highest BCUT2D eigenvalue weighted by Crippen LogP contribution is 2.22. The van der Waals surface area contributed by atoms with Crippen molar-refractivity contribution in [2.45, 2.75) is 18.1 Å². The molecule has 1 aromatic heterocycles. The molecule has 2 N–H and O–H groups in total. The minimum atomic E-state index is -3.57. The van der Waals surface area contributed by atoms with Gasteiger partial charge in [0.15, 0.2) is 0 Å². The second-order valence-corrected chi connectivity index (χ2v) is 6.28. The highest BCUT2D eigenvalue weighted by molar-refractivity contribution is 7.89. The highest BCUT2D eigenvalue weighted by atomic mass is 32.2. The van der Waals surface area contributed by atoms with Crippen LogP contribution in [-0.2, 0) is 10.0 Å². The molecule has 1 atom stereocenters. The second kappa shape index (κ2) is 5.10. The van der Waals surface area contributed by atoms with Crippen LogP contribution in [0.3, 0.4) is 0 Å². The van der Waals surface area contributed by atoms with Gasteiger partial charge in [-0.3, -0.25) is 10.1 Å². The first-order chi connectivity index (χ1) is 8.88. The Kier molecular flexibility index (Phi) is 3.67. The van der Waals surface area contributed by atoms with Gasteiger partial charge in [-0.25, -0.2) is 18.5 Å². The lowest BCUT2D eigenvalue weighted by molar-refractivity contribution is -0.385. The fourth-order valence-electron chi connectivity index (χ4n) is 2.09. The minimum absolute atomic E-state index is 0.0937. The van der Waals surface area contributed by atoms with E-state index in [9.17, 15) is 18.5 Å². The molecule has 19 heavy (non-hydrogen) atoms. The lowest BCUT2D eigenvalue weighted by Gasteiger charge is -2.32. The summed E-state index contributed by atoms with van der Waals surface area (Å²) in [7, 11) is -3.57. The number of sulfonamides is 1. The number of pyridine rings is 1. The van der Waals surface area contributed by atoms with Gasteiger partial charge in [0.25, 0.3) is 5.69 Å². The molecule has 1 unspecified atom stereocenters. The molecule has 1 aliphatic heterocycles. The maximum atomic E-state index is 11.3. The zero-order valence-electron chi connectivity index (χ0n) is 10.1. The summed E-state index contributed by atoms with van der Waals surface area (Å²) < 4.78 is 22.7. The van der Waals surface area contributed by atoms with Crippen molar-refractivity contribution in [1.82, 2.24) is 4.98 Å². The summed E-state index contributed by atoms with van der Waals surface area (Å²) in [6.45, 7) is 0.931. The van der Waals surface area contributed by atoms with Crippen LogP contribution in [0.25, 0.3) is 0 Å². The monoisotopic (exact) mass is 286 g/mol. The van der Waals surface area contributed by atoms with Gasteiger partial charge in [0.2, 0.25) is 10.0 Å². The molecule has 9 heteroatoms. The van der Waals surface area contributed by atoms with E-state index in [0.29, 0.717) is 25.2 Å². The van der Waals surface area contributed by atoms with Crippen molar-refractivity contribution in [1.29, 1.82) is 0 Å². The third-order valence-electron chi connectivity index (χ3n) is 3.11. The lowest BCUT2D eigenvalue weighted by Crippen LogP contribution is -2.45. The van der Waals surface area contributed by atoms with Crippen molar-refractivity contribution in [3.63, 3.8) is 0 Å².